The summed E-state index contributed by atoms with van der Waals surface area (Å²) in [6.45, 7) is 1.13. The van der Waals surface area contributed by atoms with Crippen LogP contribution in [0.5, 0.6) is 0 Å². The number of benzene rings is 2. The van der Waals surface area contributed by atoms with Crippen LogP contribution in [-0.4, -0.2) is 16.8 Å². The maximum Gasteiger partial charge on any atom is 0.142 e. The first kappa shape index (κ1) is 14.0. The van der Waals surface area contributed by atoms with Gasteiger partial charge in [0.1, 0.15) is 5.82 Å². The van der Waals surface area contributed by atoms with Gasteiger partial charge in [-0.1, -0.05) is 41.9 Å². The zero-order valence-electron chi connectivity index (χ0n) is 11.6. The van der Waals surface area contributed by atoms with Crippen LogP contribution in [0.1, 0.15) is 11.3 Å². The molecule has 5 heteroatoms. The number of fused-ring (bicyclic) bond motifs is 1. The van der Waals surface area contributed by atoms with Gasteiger partial charge in [0, 0.05) is 11.9 Å². The van der Waals surface area contributed by atoms with Crippen LogP contribution in [0.2, 0.25) is 5.02 Å². The molecule has 3 nitrogen and oxygen atoms in total. The molecule has 0 fully saturated rings. The van der Waals surface area contributed by atoms with E-state index < -0.39 is 5.82 Å². The predicted octanol–water partition coefficient (Wildman–Crippen LogP) is 3.60. The predicted molar refractivity (Wildman–Crippen MR) is 83.0 cm³/mol. The second kappa shape index (κ2) is 5.84. The second-order valence-corrected chi connectivity index (χ2v) is 5.24. The third-order valence-electron chi connectivity index (χ3n) is 3.43. The normalized spacial score (nSPS) is 11.2. The van der Waals surface area contributed by atoms with Gasteiger partial charge in [-0.25, -0.2) is 4.39 Å². The van der Waals surface area contributed by atoms with E-state index in [1.54, 1.807) is 6.07 Å². The molecule has 0 aliphatic heterocycles. The Morgan fingerprint density at radius 2 is 2.00 bits per heavy atom. The van der Waals surface area contributed by atoms with E-state index in [1.807, 2.05) is 42.1 Å². The third kappa shape index (κ3) is 2.64. The molecule has 0 atom stereocenters. The molecule has 0 radical (unpaired) electrons. The van der Waals surface area contributed by atoms with Crippen molar-refractivity contribution in [3.05, 3.63) is 64.6 Å². The van der Waals surface area contributed by atoms with Crippen molar-refractivity contribution in [2.24, 2.45) is 0 Å². The van der Waals surface area contributed by atoms with Crippen molar-refractivity contribution >= 4 is 22.5 Å². The molecular formula is C16H15ClFN3. The number of hydrogen-bond donors (Lipinski definition) is 1. The van der Waals surface area contributed by atoms with E-state index in [4.69, 9.17) is 11.6 Å². The number of nitrogens with one attached hydrogen (secondary N) is 1. The summed E-state index contributed by atoms with van der Waals surface area (Å²) < 4.78 is 15.4. The van der Waals surface area contributed by atoms with E-state index in [1.165, 1.54) is 6.07 Å². The van der Waals surface area contributed by atoms with Crippen LogP contribution in [0.3, 0.4) is 0 Å². The minimum Gasteiger partial charge on any atom is -0.314 e. The summed E-state index contributed by atoms with van der Waals surface area (Å²) in [5.74, 6) is -0.402. The molecule has 1 aromatic heterocycles. The van der Waals surface area contributed by atoms with Gasteiger partial charge in [0.25, 0.3) is 0 Å². The fourth-order valence-electron chi connectivity index (χ4n) is 2.45. The molecule has 0 amide bonds. The summed E-state index contributed by atoms with van der Waals surface area (Å²) in [6, 6.07) is 12.8. The van der Waals surface area contributed by atoms with Gasteiger partial charge in [0.05, 0.1) is 22.8 Å². The lowest BCUT2D eigenvalue weighted by Crippen LogP contribution is -2.08. The molecule has 0 aliphatic rings. The number of halogens is 2. The smallest absolute Gasteiger partial charge is 0.142 e. The number of rotatable bonds is 4. The standard InChI is InChI=1S/C16H15ClFN3/c1-19-9-14-12-6-2-3-8-15(12)21(20-14)10-11-5-4-7-13(18)16(11)17/h2-8,19H,9-10H2,1H3. The molecule has 0 saturated heterocycles. The van der Waals surface area contributed by atoms with E-state index in [-0.39, 0.29) is 5.02 Å². The maximum atomic E-state index is 13.6. The highest BCUT2D eigenvalue weighted by atomic mass is 35.5. The first-order valence-corrected chi connectivity index (χ1v) is 7.10. The van der Waals surface area contributed by atoms with Crippen LogP contribution >= 0.6 is 11.6 Å². The first-order chi connectivity index (χ1) is 10.2. The Balaban J connectivity index is 2.06. The van der Waals surface area contributed by atoms with Crippen molar-refractivity contribution in [2.45, 2.75) is 13.1 Å². The number of para-hydroxylation sites is 1. The molecule has 108 valence electrons. The summed E-state index contributed by atoms with van der Waals surface area (Å²) in [5, 5.41) is 8.99. The molecule has 0 saturated carbocycles. The summed E-state index contributed by atoms with van der Waals surface area (Å²) in [4.78, 5) is 0. The molecule has 3 aromatic rings. The molecular weight excluding hydrogens is 289 g/mol. The molecule has 1 heterocycles. The van der Waals surface area contributed by atoms with Gasteiger partial charge in [0.15, 0.2) is 0 Å². The zero-order chi connectivity index (χ0) is 14.8. The molecule has 2 aromatic carbocycles. The van der Waals surface area contributed by atoms with Crippen LogP contribution in [0.15, 0.2) is 42.5 Å². The Morgan fingerprint density at radius 1 is 1.19 bits per heavy atom. The lowest BCUT2D eigenvalue weighted by Gasteiger charge is -2.06. The van der Waals surface area contributed by atoms with Crippen molar-refractivity contribution in [1.82, 2.24) is 15.1 Å². The Bertz CT molecular complexity index is 782. The molecule has 3 rings (SSSR count). The Hall–Kier alpha value is -1.91. The van der Waals surface area contributed by atoms with Crippen molar-refractivity contribution in [3.8, 4) is 0 Å². The topological polar surface area (TPSA) is 29.9 Å². The van der Waals surface area contributed by atoms with Crippen molar-refractivity contribution in [3.63, 3.8) is 0 Å². The van der Waals surface area contributed by atoms with Crippen molar-refractivity contribution in [2.75, 3.05) is 7.05 Å². The van der Waals surface area contributed by atoms with Gasteiger partial charge in [-0.05, 0) is 24.7 Å². The van der Waals surface area contributed by atoms with Crippen LogP contribution in [0, 0.1) is 5.82 Å². The van der Waals surface area contributed by atoms with E-state index in [0.717, 1.165) is 22.2 Å². The highest BCUT2D eigenvalue weighted by molar-refractivity contribution is 6.31. The van der Waals surface area contributed by atoms with E-state index >= 15 is 0 Å². The molecule has 1 N–H and O–H groups in total. The van der Waals surface area contributed by atoms with Crippen LogP contribution in [0.4, 0.5) is 4.39 Å². The van der Waals surface area contributed by atoms with E-state index in [9.17, 15) is 4.39 Å². The Kier molecular flexibility index (Phi) is 3.90. The summed E-state index contributed by atoms with van der Waals surface area (Å²) >= 11 is 6.03. The quantitative estimate of drug-likeness (QED) is 0.798. The lowest BCUT2D eigenvalue weighted by atomic mass is 10.2. The third-order valence-corrected chi connectivity index (χ3v) is 3.85. The fourth-order valence-corrected chi connectivity index (χ4v) is 2.63. The number of aromatic nitrogens is 2. The average Bonchev–Trinajstić information content (AvgIpc) is 2.83. The number of hydrogen-bond acceptors (Lipinski definition) is 2. The van der Waals surface area contributed by atoms with Gasteiger partial charge >= 0.3 is 0 Å². The molecule has 0 aliphatic carbocycles. The SMILES string of the molecule is CNCc1nn(Cc2cccc(F)c2Cl)c2ccccc12. The highest BCUT2D eigenvalue weighted by Crippen LogP contribution is 2.24. The average molecular weight is 304 g/mol. The lowest BCUT2D eigenvalue weighted by molar-refractivity contribution is 0.620. The second-order valence-electron chi connectivity index (χ2n) is 4.86. The molecule has 0 unspecified atom stereocenters. The van der Waals surface area contributed by atoms with Crippen LogP contribution in [-0.2, 0) is 13.1 Å². The zero-order valence-corrected chi connectivity index (χ0v) is 12.4. The van der Waals surface area contributed by atoms with Gasteiger partial charge in [-0.15, -0.1) is 0 Å². The minimum atomic E-state index is -0.402. The first-order valence-electron chi connectivity index (χ1n) is 6.72. The largest absolute Gasteiger partial charge is 0.314 e. The van der Waals surface area contributed by atoms with Gasteiger partial charge < -0.3 is 5.32 Å². The molecule has 0 spiro atoms. The van der Waals surface area contributed by atoms with Gasteiger partial charge in [0.2, 0.25) is 0 Å². The number of nitrogens with zero attached hydrogens (tertiary/aromatic N) is 2. The van der Waals surface area contributed by atoms with Gasteiger partial charge in [-0.3, -0.25) is 4.68 Å². The van der Waals surface area contributed by atoms with Gasteiger partial charge in [-0.2, -0.15) is 5.10 Å². The summed E-state index contributed by atoms with van der Waals surface area (Å²) in [7, 11) is 1.89. The molecule has 0 bridgehead atoms. The monoisotopic (exact) mass is 303 g/mol. The van der Waals surface area contributed by atoms with Crippen molar-refractivity contribution in [1.29, 1.82) is 0 Å². The van der Waals surface area contributed by atoms with E-state index in [0.29, 0.717) is 13.1 Å². The van der Waals surface area contributed by atoms with Crippen LogP contribution < -0.4 is 5.32 Å². The fraction of sp³-hybridized carbons (Fsp3) is 0.188. The van der Waals surface area contributed by atoms with Crippen LogP contribution in [0.25, 0.3) is 10.9 Å². The maximum absolute atomic E-state index is 13.6. The summed E-state index contributed by atoms with van der Waals surface area (Å²) in [6.07, 6.45) is 0. The summed E-state index contributed by atoms with van der Waals surface area (Å²) in [5.41, 5.74) is 2.71. The van der Waals surface area contributed by atoms with Crippen molar-refractivity contribution < 1.29 is 4.39 Å². The highest BCUT2D eigenvalue weighted by Gasteiger charge is 2.12. The molecule has 21 heavy (non-hydrogen) atoms. The van der Waals surface area contributed by atoms with E-state index in [2.05, 4.69) is 10.4 Å². The Labute approximate surface area is 127 Å². The minimum absolute atomic E-state index is 0.159. The Morgan fingerprint density at radius 3 is 2.81 bits per heavy atom.